The van der Waals surface area contributed by atoms with Crippen LogP contribution in [0.1, 0.15) is 12.8 Å². The first-order chi connectivity index (χ1) is 9.22. The van der Waals surface area contributed by atoms with Crippen molar-refractivity contribution < 1.29 is 4.79 Å². The summed E-state index contributed by atoms with van der Waals surface area (Å²) in [6.45, 7) is 3.91. The van der Waals surface area contributed by atoms with Gasteiger partial charge in [0.25, 0.3) is 0 Å². The van der Waals surface area contributed by atoms with E-state index >= 15 is 0 Å². The van der Waals surface area contributed by atoms with E-state index in [4.69, 9.17) is 11.6 Å². The van der Waals surface area contributed by atoms with Gasteiger partial charge in [0.1, 0.15) is 0 Å². The molecule has 0 radical (unpaired) electrons. The summed E-state index contributed by atoms with van der Waals surface area (Å²) in [4.78, 5) is 16.0. The van der Waals surface area contributed by atoms with Crippen LogP contribution in [0.25, 0.3) is 0 Å². The highest BCUT2D eigenvalue weighted by atomic mass is 35.5. The molecule has 0 aromatic heterocycles. The molecule has 19 heavy (non-hydrogen) atoms. The van der Waals surface area contributed by atoms with Gasteiger partial charge in [0, 0.05) is 55.1 Å². The molecule has 2 aliphatic rings. The van der Waals surface area contributed by atoms with Gasteiger partial charge in [-0.15, -0.1) is 0 Å². The van der Waals surface area contributed by atoms with Crippen LogP contribution >= 0.6 is 11.6 Å². The summed E-state index contributed by atoms with van der Waals surface area (Å²) in [5.41, 5.74) is 2.40. The Balaban J connectivity index is 1.63. The largest absolute Gasteiger partial charge is 0.371 e. The van der Waals surface area contributed by atoms with Gasteiger partial charge in [0.05, 0.1) is 0 Å². The molecule has 0 atom stereocenters. The Morgan fingerprint density at radius 1 is 1.00 bits per heavy atom. The van der Waals surface area contributed by atoms with Crippen LogP contribution in [0, 0.1) is 0 Å². The Kier molecular flexibility index (Phi) is 3.47. The molecule has 3 rings (SSSR count). The Labute approximate surface area is 118 Å². The number of benzene rings is 1. The molecule has 1 heterocycles. The summed E-state index contributed by atoms with van der Waals surface area (Å²) < 4.78 is 0. The molecule has 0 bridgehead atoms. The highest BCUT2D eigenvalue weighted by Gasteiger charge is 2.22. The number of allylic oxidation sites excluding steroid dienone is 2. The van der Waals surface area contributed by atoms with Crippen molar-refractivity contribution in [2.45, 2.75) is 12.8 Å². The Morgan fingerprint density at radius 3 is 2.37 bits per heavy atom. The van der Waals surface area contributed by atoms with Crippen molar-refractivity contribution in [1.82, 2.24) is 4.90 Å². The predicted octanol–water partition coefficient (Wildman–Crippen LogP) is 2.71. The van der Waals surface area contributed by atoms with E-state index in [0.29, 0.717) is 6.42 Å². The standard InChI is InChI=1S/C15H17ClN2O/c16-12-2-1-3-13(10-12)17-6-8-18(9-7-17)14-4-5-15(19)11-14/h1-3,10-11H,4-9H2. The molecule has 1 aromatic carbocycles. The monoisotopic (exact) mass is 276 g/mol. The minimum atomic E-state index is 0.271. The van der Waals surface area contributed by atoms with Crippen LogP contribution in [0.2, 0.25) is 5.02 Å². The van der Waals surface area contributed by atoms with Crippen molar-refractivity contribution in [3.05, 3.63) is 41.1 Å². The van der Waals surface area contributed by atoms with Gasteiger partial charge in [-0.1, -0.05) is 17.7 Å². The fourth-order valence-corrected chi connectivity index (χ4v) is 2.94. The molecule has 0 saturated carbocycles. The molecule has 0 unspecified atom stereocenters. The third-order valence-corrected chi connectivity index (χ3v) is 4.05. The smallest absolute Gasteiger partial charge is 0.157 e. The summed E-state index contributed by atoms with van der Waals surface area (Å²) >= 11 is 6.03. The molecule has 0 spiro atoms. The van der Waals surface area contributed by atoms with Crippen molar-refractivity contribution in [3.63, 3.8) is 0 Å². The first-order valence-corrected chi connectivity index (χ1v) is 7.09. The molecule has 3 nitrogen and oxygen atoms in total. The van der Waals surface area contributed by atoms with Crippen molar-refractivity contribution in [2.75, 3.05) is 31.1 Å². The first-order valence-electron chi connectivity index (χ1n) is 6.71. The maximum Gasteiger partial charge on any atom is 0.157 e. The number of carbonyl (C=O) groups excluding carboxylic acids is 1. The summed E-state index contributed by atoms with van der Waals surface area (Å²) in [5, 5.41) is 0.782. The number of ketones is 1. The van der Waals surface area contributed by atoms with E-state index in [1.807, 2.05) is 24.3 Å². The number of rotatable bonds is 2. The zero-order valence-corrected chi connectivity index (χ0v) is 11.6. The minimum absolute atomic E-state index is 0.271. The van der Waals surface area contributed by atoms with Crippen molar-refractivity contribution in [2.24, 2.45) is 0 Å². The zero-order chi connectivity index (χ0) is 13.2. The van der Waals surface area contributed by atoms with E-state index in [0.717, 1.165) is 37.6 Å². The van der Waals surface area contributed by atoms with Crippen molar-refractivity contribution in [3.8, 4) is 0 Å². The zero-order valence-electron chi connectivity index (χ0n) is 10.8. The molecular weight excluding hydrogens is 260 g/mol. The normalized spacial score (nSPS) is 19.8. The molecule has 1 aliphatic heterocycles. The highest BCUT2D eigenvalue weighted by Crippen LogP contribution is 2.24. The molecule has 4 heteroatoms. The predicted molar refractivity (Wildman–Crippen MR) is 77.6 cm³/mol. The quantitative estimate of drug-likeness (QED) is 0.830. The Morgan fingerprint density at radius 2 is 1.74 bits per heavy atom. The lowest BCUT2D eigenvalue weighted by Crippen LogP contribution is -2.45. The third-order valence-electron chi connectivity index (χ3n) is 3.81. The van der Waals surface area contributed by atoms with Crippen LogP contribution in [0.5, 0.6) is 0 Å². The topological polar surface area (TPSA) is 23.6 Å². The fraction of sp³-hybridized carbons (Fsp3) is 0.400. The second kappa shape index (κ2) is 5.25. The average molecular weight is 277 g/mol. The lowest BCUT2D eigenvalue weighted by atomic mass is 10.2. The van der Waals surface area contributed by atoms with E-state index in [1.54, 1.807) is 0 Å². The summed E-state index contributed by atoms with van der Waals surface area (Å²) in [7, 11) is 0. The van der Waals surface area contributed by atoms with Crippen LogP contribution in [0.15, 0.2) is 36.0 Å². The maximum absolute atomic E-state index is 11.3. The van der Waals surface area contributed by atoms with Crippen LogP contribution in [0.3, 0.4) is 0 Å². The van der Waals surface area contributed by atoms with Gasteiger partial charge in [-0.3, -0.25) is 4.79 Å². The van der Waals surface area contributed by atoms with Crippen LogP contribution in [-0.2, 0) is 4.79 Å². The van der Waals surface area contributed by atoms with Gasteiger partial charge in [0.2, 0.25) is 0 Å². The van der Waals surface area contributed by atoms with E-state index in [1.165, 1.54) is 11.4 Å². The van der Waals surface area contributed by atoms with Crippen LogP contribution < -0.4 is 4.90 Å². The second-order valence-corrected chi connectivity index (χ2v) is 5.49. The Bertz CT molecular complexity index is 519. The van der Waals surface area contributed by atoms with E-state index in [2.05, 4.69) is 15.9 Å². The summed E-state index contributed by atoms with van der Waals surface area (Å²) in [6.07, 6.45) is 3.41. The van der Waals surface area contributed by atoms with Crippen LogP contribution in [-0.4, -0.2) is 36.9 Å². The average Bonchev–Trinajstić information content (AvgIpc) is 2.86. The number of carbonyl (C=O) groups is 1. The molecule has 1 fully saturated rings. The molecule has 0 N–H and O–H groups in total. The lowest BCUT2D eigenvalue weighted by Gasteiger charge is -2.38. The van der Waals surface area contributed by atoms with Gasteiger partial charge in [0.15, 0.2) is 5.78 Å². The summed E-state index contributed by atoms with van der Waals surface area (Å²) in [6, 6.07) is 7.99. The van der Waals surface area contributed by atoms with E-state index in [9.17, 15) is 4.79 Å². The third kappa shape index (κ3) is 2.76. The lowest BCUT2D eigenvalue weighted by molar-refractivity contribution is -0.114. The summed E-state index contributed by atoms with van der Waals surface area (Å²) in [5.74, 6) is 0.271. The number of nitrogens with zero attached hydrogens (tertiary/aromatic N) is 2. The minimum Gasteiger partial charge on any atom is -0.371 e. The van der Waals surface area contributed by atoms with Crippen molar-refractivity contribution >= 4 is 23.1 Å². The molecule has 100 valence electrons. The number of piperazine rings is 1. The number of halogens is 1. The van der Waals surface area contributed by atoms with Crippen LogP contribution in [0.4, 0.5) is 5.69 Å². The first kappa shape index (κ1) is 12.5. The van der Waals surface area contributed by atoms with Gasteiger partial charge in [-0.2, -0.15) is 0 Å². The number of anilines is 1. The van der Waals surface area contributed by atoms with E-state index < -0.39 is 0 Å². The second-order valence-electron chi connectivity index (χ2n) is 5.06. The highest BCUT2D eigenvalue weighted by molar-refractivity contribution is 6.30. The van der Waals surface area contributed by atoms with Gasteiger partial charge in [-0.05, 0) is 24.6 Å². The number of hydrogen-bond donors (Lipinski definition) is 0. The SMILES string of the molecule is O=C1C=C(N2CCN(c3cccc(Cl)c3)CC2)CC1. The van der Waals surface area contributed by atoms with Gasteiger partial charge in [-0.25, -0.2) is 0 Å². The molecule has 1 aliphatic carbocycles. The van der Waals surface area contributed by atoms with Gasteiger partial charge >= 0.3 is 0 Å². The molecule has 0 amide bonds. The molecule has 1 saturated heterocycles. The Hall–Kier alpha value is -1.48. The maximum atomic E-state index is 11.3. The van der Waals surface area contributed by atoms with Gasteiger partial charge < -0.3 is 9.80 Å². The fourth-order valence-electron chi connectivity index (χ4n) is 2.76. The van der Waals surface area contributed by atoms with Crippen molar-refractivity contribution in [1.29, 1.82) is 0 Å². The number of hydrogen-bond acceptors (Lipinski definition) is 3. The molecule has 1 aromatic rings. The van der Waals surface area contributed by atoms with E-state index in [-0.39, 0.29) is 5.78 Å². The molecular formula is C15H17ClN2O.